The minimum atomic E-state index is -1.25. The average Bonchev–Trinajstić information content (AvgIpc) is 2.86. The second kappa shape index (κ2) is 5.98. The summed E-state index contributed by atoms with van der Waals surface area (Å²) in [4.78, 5) is 12.6. The molecule has 1 aliphatic rings. The predicted molar refractivity (Wildman–Crippen MR) is 100 cm³/mol. The Bertz CT molecular complexity index is 972. The molecule has 0 amide bonds. The summed E-state index contributed by atoms with van der Waals surface area (Å²) in [7, 11) is 0. The van der Waals surface area contributed by atoms with Gasteiger partial charge in [0.15, 0.2) is 5.78 Å². The molecule has 0 saturated heterocycles. The Morgan fingerprint density at radius 3 is 2.36 bits per heavy atom. The molecule has 2 nitrogen and oxygen atoms in total. The summed E-state index contributed by atoms with van der Waals surface area (Å²) in [5.41, 5.74) is 1.31. The normalized spacial score (nSPS) is 23.0. The van der Waals surface area contributed by atoms with Crippen LogP contribution in [0.5, 0.6) is 0 Å². The van der Waals surface area contributed by atoms with E-state index in [4.69, 9.17) is 0 Å². The third-order valence-electron chi connectivity index (χ3n) is 5.28. The fraction of sp³-hybridized carbons (Fsp3) is 0.174. The van der Waals surface area contributed by atoms with E-state index in [1.54, 1.807) is 6.08 Å². The zero-order valence-corrected chi connectivity index (χ0v) is 14.1. The van der Waals surface area contributed by atoms with Gasteiger partial charge in [0.05, 0.1) is 5.92 Å². The van der Waals surface area contributed by atoms with Crippen LogP contribution in [0.4, 0.5) is 0 Å². The van der Waals surface area contributed by atoms with Gasteiger partial charge in [-0.2, -0.15) is 0 Å². The molecule has 25 heavy (non-hydrogen) atoms. The van der Waals surface area contributed by atoms with Crippen molar-refractivity contribution in [3.63, 3.8) is 0 Å². The van der Waals surface area contributed by atoms with Crippen molar-refractivity contribution in [3.8, 4) is 0 Å². The largest absolute Gasteiger partial charge is 0.380 e. The topological polar surface area (TPSA) is 37.3 Å². The fourth-order valence-corrected chi connectivity index (χ4v) is 3.86. The lowest BCUT2D eigenvalue weighted by molar-refractivity contribution is -0.123. The van der Waals surface area contributed by atoms with Crippen LogP contribution in [0.25, 0.3) is 10.8 Å². The molecule has 2 heteroatoms. The van der Waals surface area contributed by atoms with E-state index in [1.165, 1.54) is 0 Å². The highest BCUT2D eigenvalue weighted by Gasteiger charge is 2.48. The van der Waals surface area contributed by atoms with Crippen LogP contribution in [0.3, 0.4) is 0 Å². The van der Waals surface area contributed by atoms with Gasteiger partial charge >= 0.3 is 0 Å². The first kappa shape index (κ1) is 15.8. The van der Waals surface area contributed by atoms with Gasteiger partial charge in [0.2, 0.25) is 0 Å². The molecule has 2 atom stereocenters. The van der Waals surface area contributed by atoms with E-state index < -0.39 is 11.5 Å². The van der Waals surface area contributed by atoms with Crippen LogP contribution in [0.1, 0.15) is 18.1 Å². The molecule has 0 heterocycles. The van der Waals surface area contributed by atoms with Crippen molar-refractivity contribution in [2.45, 2.75) is 18.9 Å². The van der Waals surface area contributed by atoms with Gasteiger partial charge in [-0.15, -0.1) is 0 Å². The van der Waals surface area contributed by atoms with Gasteiger partial charge in [0.25, 0.3) is 0 Å². The molecule has 0 saturated carbocycles. The standard InChI is InChI=1S/C23H20O2/c1-16-13-22(24)21(14-17-7-3-2-4-8-17)23(16,25)20-12-11-18-9-5-6-10-19(18)15-20/h2-13,15,21,25H,14H2,1H3. The van der Waals surface area contributed by atoms with Crippen molar-refractivity contribution in [1.29, 1.82) is 0 Å². The van der Waals surface area contributed by atoms with Crippen LogP contribution in [0, 0.1) is 5.92 Å². The van der Waals surface area contributed by atoms with Crippen LogP contribution < -0.4 is 0 Å². The molecule has 1 aliphatic carbocycles. The maximum absolute atomic E-state index is 12.6. The van der Waals surface area contributed by atoms with Crippen molar-refractivity contribution < 1.29 is 9.90 Å². The molecule has 0 aromatic heterocycles. The van der Waals surface area contributed by atoms with Crippen LogP contribution in [-0.4, -0.2) is 10.9 Å². The predicted octanol–water partition coefficient (Wildman–Crippen LogP) is 4.42. The molecule has 1 N–H and O–H groups in total. The number of aliphatic hydroxyl groups is 1. The van der Waals surface area contributed by atoms with Crippen LogP contribution >= 0.6 is 0 Å². The van der Waals surface area contributed by atoms with Crippen molar-refractivity contribution in [1.82, 2.24) is 0 Å². The van der Waals surface area contributed by atoms with Crippen LogP contribution in [0.15, 0.2) is 84.4 Å². The molecule has 0 fully saturated rings. The fourth-order valence-electron chi connectivity index (χ4n) is 3.86. The number of allylic oxidation sites excluding steroid dienone is 1. The maximum atomic E-state index is 12.6. The molecule has 3 aromatic rings. The van der Waals surface area contributed by atoms with Gasteiger partial charge in [0.1, 0.15) is 5.60 Å². The first-order chi connectivity index (χ1) is 12.1. The van der Waals surface area contributed by atoms with Gasteiger partial charge in [-0.1, -0.05) is 66.7 Å². The van der Waals surface area contributed by atoms with Gasteiger partial charge in [0, 0.05) is 0 Å². The lowest BCUT2D eigenvalue weighted by atomic mass is 9.76. The summed E-state index contributed by atoms with van der Waals surface area (Å²) in [6.45, 7) is 1.85. The molecule has 2 unspecified atom stereocenters. The molecule has 4 rings (SSSR count). The second-order valence-corrected chi connectivity index (χ2v) is 6.80. The van der Waals surface area contributed by atoms with Crippen molar-refractivity contribution in [2.75, 3.05) is 0 Å². The maximum Gasteiger partial charge on any atom is 0.162 e. The van der Waals surface area contributed by atoms with Crippen molar-refractivity contribution >= 4 is 16.6 Å². The number of carbonyl (C=O) groups is 1. The summed E-state index contributed by atoms with van der Waals surface area (Å²) in [6, 6.07) is 23.9. The number of hydrogen-bond donors (Lipinski definition) is 1. The Morgan fingerprint density at radius 1 is 0.920 bits per heavy atom. The Hall–Kier alpha value is -2.71. The van der Waals surface area contributed by atoms with E-state index in [9.17, 15) is 9.90 Å². The van der Waals surface area contributed by atoms with Crippen LogP contribution in [-0.2, 0) is 16.8 Å². The van der Waals surface area contributed by atoms with Gasteiger partial charge in [-0.05, 0) is 53.0 Å². The minimum absolute atomic E-state index is 0.00277. The minimum Gasteiger partial charge on any atom is -0.380 e. The first-order valence-electron chi connectivity index (χ1n) is 8.57. The van der Waals surface area contributed by atoms with Crippen LogP contribution in [0.2, 0.25) is 0 Å². The summed E-state index contributed by atoms with van der Waals surface area (Å²) in [5.74, 6) is -0.493. The third-order valence-corrected chi connectivity index (χ3v) is 5.28. The Kier molecular flexibility index (Phi) is 3.78. The highest BCUT2D eigenvalue weighted by molar-refractivity contribution is 5.98. The van der Waals surface area contributed by atoms with Gasteiger partial charge in [-0.25, -0.2) is 0 Å². The van der Waals surface area contributed by atoms with E-state index in [0.29, 0.717) is 12.0 Å². The van der Waals surface area contributed by atoms with E-state index >= 15 is 0 Å². The quantitative estimate of drug-likeness (QED) is 0.773. The molecule has 0 radical (unpaired) electrons. The Morgan fingerprint density at radius 2 is 1.60 bits per heavy atom. The molecule has 3 aromatic carbocycles. The van der Waals surface area contributed by atoms with E-state index in [2.05, 4.69) is 0 Å². The molecular formula is C23H20O2. The summed E-state index contributed by atoms with van der Waals surface area (Å²) < 4.78 is 0. The molecule has 0 aliphatic heterocycles. The molecule has 0 spiro atoms. The number of ketones is 1. The van der Waals surface area contributed by atoms with Gasteiger partial charge < -0.3 is 5.11 Å². The number of rotatable bonds is 3. The highest BCUT2D eigenvalue weighted by atomic mass is 16.3. The van der Waals surface area contributed by atoms with E-state index in [-0.39, 0.29) is 5.78 Å². The average molecular weight is 328 g/mol. The number of benzene rings is 3. The third kappa shape index (κ3) is 2.59. The Labute approximate surface area is 147 Å². The smallest absolute Gasteiger partial charge is 0.162 e. The zero-order chi connectivity index (χ0) is 17.4. The molecule has 124 valence electrons. The summed E-state index contributed by atoms with van der Waals surface area (Å²) >= 11 is 0. The zero-order valence-electron chi connectivity index (χ0n) is 14.1. The lowest BCUT2D eigenvalue weighted by Crippen LogP contribution is -2.37. The summed E-state index contributed by atoms with van der Waals surface area (Å²) in [5, 5.41) is 13.8. The van der Waals surface area contributed by atoms with Gasteiger partial charge in [-0.3, -0.25) is 4.79 Å². The number of carbonyl (C=O) groups excluding carboxylic acids is 1. The summed E-state index contributed by atoms with van der Waals surface area (Å²) in [6.07, 6.45) is 2.12. The first-order valence-corrected chi connectivity index (χ1v) is 8.57. The van der Waals surface area contributed by atoms with E-state index in [0.717, 1.165) is 21.9 Å². The molecule has 0 bridgehead atoms. The van der Waals surface area contributed by atoms with Crippen molar-refractivity contribution in [3.05, 3.63) is 95.6 Å². The number of fused-ring (bicyclic) bond motifs is 1. The second-order valence-electron chi connectivity index (χ2n) is 6.80. The highest BCUT2D eigenvalue weighted by Crippen LogP contribution is 2.44. The Balaban J connectivity index is 1.79. The van der Waals surface area contributed by atoms with Crippen molar-refractivity contribution in [2.24, 2.45) is 5.92 Å². The molecular weight excluding hydrogens is 308 g/mol. The lowest BCUT2D eigenvalue weighted by Gasteiger charge is -2.32. The SMILES string of the molecule is CC1=CC(=O)C(Cc2ccccc2)C1(O)c1ccc2ccccc2c1. The number of hydrogen-bond acceptors (Lipinski definition) is 2. The van der Waals surface area contributed by atoms with E-state index in [1.807, 2.05) is 79.7 Å². The monoisotopic (exact) mass is 328 g/mol.